The van der Waals surface area contributed by atoms with Crippen molar-refractivity contribution < 1.29 is 37.0 Å². The lowest BCUT2D eigenvalue weighted by Gasteiger charge is -2.43. The van der Waals surface area contributed by atoms with Gasteiger partial charge in [-0.3, -0.25) is 9.59 Å². The van der Waals surface area contributed by atoms with Crippen molar-refractivity contribution in [2.75, 3.05) is 4.90 Å². The molecule has 1 saturated carbocycles. The van der Waals surface area contributed by atoms with E-state index in [1.165, 1.54) is 18.2 Å². The number of amides is 2. The van der Waals surface area contributed by atoms with Crippen LogP contribution in [0.1, 0.15) is 44.7 Å². The largest absolute Gasteiger partial charge is 0.448 e. The van der Waals surface area contributed by atoms with Gasteiger partial charge in [-0.1, -0.05) is 49.6 Å². The summed E-state index contributed by atoms with van der Waals surface area (Å²) in [5.74, 6) is 2.94. The van der Waals surface area contributed by atoms with Gasteiger partial charge in [0, 0.05) is 21.6 Å². The summed E-state index contributed by atoms with van der Waals surface area (Å²) in [6.07, 6.45) is -6.36. The van der Waals surface area contributed by atoms with Crippen molar-refractivity contribution >= 4 is 35.3 Å². The number of imide groups is 1. The number of anilines is 1. The predicted octanol–water partition coefficient (Wildman–Crippen LogP) is 5.75. The topological polar surface area (TPSA) is 72.9 Å². The molecule has 0 aromatic heterocycles. The van der Waals surface area contributed by atoms with Gasteiger partial charge in [0.2, 0.25) is 0 Å². The molecule has 5 rings (SSSR count). The van der Waals surface area contributed by atoms with E-state index in [1.54, 1.807) is 39.0 Å². The molecule has 2 aliphatic heterocycles. The molecule has 0 spiro atoms. The van der Waals surface area contributed by atoms with Gasteiger partial charge in [0.15, 0.2) is 5.60 Å². The fraction of sp³-hybridized carbons (Fsp3) is 0.370. The Morgan fingerprint density at radius 1 is 1.03 bits per heavy atom. The van der Waals surface area contributed by atoms with Crippen molar-refractivity contribution in [2.45, 2.75) is 51.0 Å². The molecule has 2 fully saturated rings. The number of alkyl halides is 3. The van der Waals surface area contributed by atoms with Gasteiger partial charge in [0.05, 0.1) is 11.1 Å². The Kier molecular flexibility index (Phi) is 5.27. The van der Waals surface area contributed by atoms with Crippen LogP contribution in [0.2, 0.25) is 5.02 Å². The molecule has 37 heavy (non-hydrogen) atoms. The zero-order valence-corrected chi connectivity index (χ0v) is 20.8. The summed E-state index contributed by atoms with van der Waals surface area (Å²) >= 11 is 6.08. The van der Waals surface area contributed by atoms with Gasteiger partial charge < -0.3 is 9.47 Å². The van der Waals surface area contributed by atoms with E-state index in [2.05, 4.69) is 11.8 Å². The molecule has 2 bridgehead atoms. The van der Waals surface area contributed by atoms with Crippen molar-refractivity contribution in [3.8, 4) is 11.8 Å². The molecule has 6 nitrogen and oxygen atoms in total. The highest BCUT2D eigenvalue weighted by molar-refractivity contribution is 6.31. The van der Waals surface area contributed by atoms with E-state index in [9.17, 15) is 27.6 Å². The number of esters is 1. The predicted molar refractivity (Wildman–Crippen MR) is 126 cm³/mol. The van der Waals surface area contributed by atoms with Gasteiger partial charge in [-0.25, -0.2) is 9.69 Å². The number of rotatable bonds is 1. The van der Waals surface area contributed by atoms with Gasteiger partial charge >= 0.3 is 18.2 Å². The van der Waals surface area contributed by atoms with Crippen LogP contribution < -0.4 is 4.90 Å². The first-order chi connectivity index (χ1) is 17.2. The molecule has 2 amide bonds. The van der Waals surface area contributed by atoms with Crippen LogP contribution in [0.15, 0.2) is 48.5 Å². The van der Waals surface area contributed by atoms with Crippen LogP contribution in [0.25, 0.3) is 0 Å². The third kappa shape index (κ3) is 3.18. The summed E-state index contributed by atoms with van der Waals surface area (Å²) in [5, 5.41) is -0.0848. The van der Waals surface area contributed by atoms with E-state index < -0.39 is 57.4 Å². The molecular formula is C27H21ClF3NO5. The Balaban J connectivity index is 1.70. The molecule has 1 saturated heterocycles. The molecule has 3 atom stereocenters. The van der Waals surface area contributed by atoms with Crippen LogP contribution in [0.5, 0.6) is 0 Å². The summed E-state index contributed by atoms with van der Waals surface area (Å²) < 4.78 is 54.7. The smallest absolute Gasteiger partial charge is 0.445 e. The van der Waals surface area contributed by atoms with Gasteiger partial charge in [0.1, 0.15) is 0 Å². The lowest BCUT2D eigenvalue weighted by Crippen LogP contribution is -2.61. The van der Waals surface area contributed by atoms with Gasteiger partial charge in [-0.2, -0.15) is 13.2 Å². The van der Waals surface area contributed by atoms with Crippen molar-refractivity contribution in [3.05, 3.63) is 64.7 Å². The Labute approximate surface area is 215 Å². The molecular weight excluding hydrogens is 511 g/mol. The maximum Gasteiger partial charge on any atom is 0.445 e. The number of carbonyl (C=O) groups is 3. The van der Waals surface area contributed by atoms with Crippen LogP contribution in [0.4, 0.5) is 23.7 Å². The molecule has 0 N–H and O–H groups in total. The van der Waals surface area contributed by atoms with Crippen molar-refractivity contribution in [3.63, 3.8) is 0 Å². The highest BCUT2D eigenvalue weighted by Gasteiger charge is 2.77. The fourth-order valence-corrected chi connectivity index (χ4v) is 5.64. The molecule has 192 valence electrons. The van der Waals surface area contributed by atoms with E-state index in [0.29, 0.717) is 11.3 Å². The molecule has 10 heteroatoms. The Morgan fingerprint density at radius 3 is 2.27 bits per heavy atom. The zero-order chi connectivity index (χ0) is 27.0. The monoisotopic (exact) mass is 531 g/mol. The third-order valence-electron chi connectivity index (χ3n) is 8.19. The Hall–Kier alpha value is -3.51. The highest BCUT2D eigenvalue weighted by Crippen LogP contribution is 2.66. The zero-order valence-electron chi connectivity index (χ0n) is 20.0. The first kappa shape index (κ1) is 25.2. The van der Waals surface area contributed by atoms with Gasteiger partial charge in [-0.15, -0.1) is 0 Å². The SMILES string of the molecule is CC12CC[C@](C(=O)N3C(=O)OC(C#Cc4ccccc4)(C(F)(F)F)c4cc(Cl)ccc43)(OC1=O)C2(C)C. The Morgan fingerprint density at radius 2 is 1.70 bits per heavy atom. The quantitative estimate of drug-likeness (QED) is 0.346. The molecule has 1 aliphatic carbocycles. The molecule has 3 aliphatic rings. The van der Waals surface area contributed by atoms with Gasteiger partial charge in [-0.05, 0) is 56.0 Å². The van der Waals surface area contributed by atoms with Crippen molar-refractivity contribution in [1.29, 1.82) is 0 Å². The van der Waals surface area contributed by atoms with E-state index in [-0.39, 0.29) is 17.0 Å². The second-order valence-corrected chi connectivity index (χ2v) is 10.6. The van der Waals surface area contributed by atoms with Gasteiger partial charge in [0.25, 0.3) is 11.5 Å². The average molecular weight is 532 g/mol. The van der Waals surface area contributed by atoms with Crippen molar-refractivity contribution in [2.24, 2.45) is 10.8 Å². The van der Waals surface area contributed by atoms with Crippen molar-refractivity contribution in [1.82, 2.24) is 0 Å². The second-order valence-electron chi connectivity index (χ2n) is 10.1. The maximum atomic E-state index is 14.7. The van der Waals surface area contributed by atoms with Crippen LogP contribution >= 0.6 is 11.6 Å². The Bertz CT molecular complexity index is 1410. The minimum atomic E-state index is -5.19. The lowest BCUT2D eigenvalue weighted by atomic mass is 9.66. The minimum absolute atomic E-state index is 0.0848. The maximum absolute atomic E-state index is 14.7. The number of cyclic esters (lactones) is 1. The normalized spacial score (nSPS) is 29.6. The number of ether oxygens (including phenoxy) is 2. The number of carbonyl (C=O) groups excluding carboxylic acids is 3. The number of hydrogen-bond acceptors (Lipinski definition) is 5. The molecule has 2 aromatic rings. The number of benzene rings is 2. The van der Waals surface area contributed by atoms with E-state index in [4.69, 9.17) is 21.1 Å². The summed E-state index contributed by atoms with van der Waals surface area (Å²) in [7, 11) is 0. The molecule has 2 unspecified atom stereocenters. The highest BCUT2D eigenvalue weighted by atomic mass is 35.5. The third-order valence-corrected chi connectivity index (χ3v) is 8.42. The van der Waals surface area contributed by atoms with Crippen LogP contribution in [0, 0.1) is 22.7 Å². The number of nitrogens with zero attached hydrogens (tertiary/aromatic N) is 1. The van der Waals surface area contributed by atoms with E-state index in [1.807, 2.05) is 0 Å². The lowest BCUT2D eigenvalue weighted by molar-refractivity contribution is -0.240. The second kappa shape index (κ2) is 7.75. The molecule has 0 radical (unpaired) electrons. The summed E-state index contributed by atoms with van der Waals surface area (Å²) in [5.41, 5.74) is -7.97. The number of halogens is 4. The molecule has 2 aromatic carbocycles. The number of fused-ring (bicyclic) bond motifs is 3. The number of hydrogen-bond donors (Lipinski definition) is 0. The fourth-order valence-electron chi connectivity index (χ4n) is 5.47. The summed E-state index contributed by atoms with van der Waals surface area (Å²) in [4.78, 5) is 40.5. The standard InChI is InChI=1S/C27H21ClF3NO5/c1-23(2)24(3)13-14-26(23,36-21(24)34)20(33)32-19-10-9-17(28)15-18(19)25(27(29,30)31,37-22(32)35)12-11-16-7-5-4-6-8-16/h4-10,15H,13-14H2,1-3H3/t24?,25?,26-/m1/s1. The van der Waals surface area contributed by atoms with Crippen LogP contribution in [-0.4, -0.2) is 29.7 Å². The van der Waals surface area contributed by atoms with E-state index >= 15 is 0 Å². The van der Waals surface area contributed by atoms with E-state index in [0.717, 1.165) is 12.1 Å². The molecule has 2 heterocycles. The summed E-state index contributed by atoms with van der Waals surface area (Å²) in [6.45, 7) is 5.02. The first-order valence-corrected chi connectivity index (χ1v) is 11.8. The first-order valence-electron chi connectivity index (χ1n) is 11.5. The minimum Gasteiger partial charge on any atom is -0.448 e. The van der Waals surface area contributed by atoms with Crippen LogP contribution in [0.3, 0.4) is 0 Å². The summed E-state index contributed by atoms with van der Waals surface area (Å²) in [6, 6.07) is 11.2. The average Bonchev–Trinajstić information content (AvgIpc) is 3.12. The van der Waals surface area contributed by atoms with Crippen LogP contribution in [-0.2, 0) is 24.7 Å².